The van der Waals surface area contributed by atoms with Gasteiger partial charge in [0.05, 0.1) is 6.61 Å². The van der Waals surface area contributed by atoms with E-state index in [-0.39, 0.29) is 12.1 Å². The van der Waals surface area contributed by atoms with Crippen molar-refractivity contribution in [2.24, 2.45) is 0 Å². The van der Waals surface area contributed by atoms with Crippen LogP contribution in [0.1, 0.15) is 25.3 Å². The molecular weight excluding hydrogens is 236 g/mol. The van der Waals surface area contributed by atoms with E-state index in [2.05, 4.69) is 54.1 Å². The molecule has 1 heterocycles. The molecule has 0 amide bonds. The lowest BCUT2D eigenvalue weighted by atomic mass is 9.79. The average molecular weight is 262 g/mol. The summed E-state index contributed by atoms with van der Waals surface area (Å²) in [6.07, 6.45) is 2.28. The molecule has 0 spiro atoms. The molecule has 1 aromatic carbocycles. The van der Waals surface area contributed by atoms with Crippen LogP contribution in [0.2, 0.25) is 0 Å². The maximum absolute atomic E-state index is 9.36. The third-order valence-electron chi connectivity index (χ3n) is 4.48. The molecule has 2 rings (SSSR count). The van der Waals surface area contributed by atoms with Gasteiger partial charge in [0.1, 0.15) is 0 Å². The zero-order chi connectivity index (χ0) is 13.7. The predicted molar refractivity (Wildman–Crippen MR) is 79.2 cm³/mol. The lowest BCUT2D eigenvalue weighted by Crippen LogP contribution is -2.53. The second kappa shape index (κ2) is 6.51. The number of hydrogen-bond donors (Lipinski definition) is 1. The summed E-state index contributed by atoms with van der Waals surface area (Å²) in [6.45, 7) is 6.42. The summed E-state index contributed by atoms with van der Waals surface area (Å²) in [5.41, 5.74) is 1.50. The van der Waals surface area contributed by atoms with Crippen LogP contribution in [0.3, 0.4) is 0 Å². The fraction of sp³-hybridized carbons (Fsp3) is 0.625. The van der Waals surface area contributed by atoms with Gasteiger partial charge in [-0.2, -0.15) is 0 Å². The van der Waals surface area contributed by atoms with Gasteiger partial charge < -0.3 is 10.0 Å². The SMILES string of the molecule is CCN(CCO)C1(c2ccccc2)CCN(C)CC1. The lowest BCUT2D eigenvalue weighted by molar-refractivity contribution is 0.0166. The molecule has 0 aromatic heterocycles. The highest BCUT2D eigenvalue weighted by Crippen LogP contribution is 2.38. The molecule has 19 heavy (non-hydrogen) atoms. The Balaban J connectivity index is 2.32. The highest BCUT2D eigenvalue weighted by Gasteiger charge is 2.39. The molecule has 0 atom stereocenters. The standard InChI is InChI=1S/C16H26N2O/c1-3-18(13-14-19)16(9-11-17(2)12-10-16)15-7-5-4-6-8-15/h4-8,19H,3,9-14H2,1-2H3. The molecule has 1 aromatic rings. The second-order valence-corrected chi connectivity index (χ2v) is 5.50. The summed E-state index contributed by atoms with van der Waals surface area (Å²) in [5, 5.41) is 9.36. The van der Waals surface area contributed by atoms with E-state index in [1.807, 2.05) is 0 Å². The third kappa shape index (κ3) is 2.99. The minimum atomic E-state index is 0.102. The first-order valence-electron chi connectivity index (χ1n) is 7.33. The Morgan fingerprint density at radius 1 is 1.21 bits per heavy atom. The summed E-state index contributed by atoms with van der Waals surface area (Å²) < 4.78 is 0. The van der Waals surface area contributed by atoms with E-state index in [1.165, 1.54) is 5.56 Å². The fourth-order valence-electron chi connectivity index (χ4n) is 3.32. The van der Waals surface area contributed by atoms with E-state index in [0.717, 1.165) is 39.0 Å². The highest BCUT2D eigenvalue weighted by atomic mass is 16.3. The van der Waals surface area contributed by atoms with Crippen molar-refractivity contribution in [1.29, 1.82) is 0 Å². The molecule has 1 N–H and O–H groups in total. The van der Waals surface area contributed by atoms with Gasteiger partial charge in [-0.25, -0.2) is 0 Å². The molecule has 1 fully saturated rings. The number of aliphatic hydroxyl groups excluding tert-OH is 1. The Kier molecular flexibility index (Phi) is 4.97. The number of likely N-dealkylation sites (tertiary alicyclic amines) is 1. The Hall–Kier alpha value is -0.900. The van der Waals surface area contributed by atoms with Crippen molar-refractivity contribution in [1.82, 2.24) is 9.80 Å². The van der Waals surface area contributed by atoms with Crippen molar-refractivity contribution in [3.05, 3.63) is 35.9 Å². The zero-order valence-electron chi connectivity index (χ0n) is 12.2. The smallest absolute Gasteiger partial charge is 0.0558 e. The number of aliphatic hydroxyl groups is 1. The normalized spacial score (nSPS) is 19.8. The molecule has 106 valence electrons. The first kappa shape index (κ1) is 14.5. The molecule has 3 nitrogen and oxygen atoms in total. The Morgan fingerprint density at radius 2 is 1.84 bits per heavy atom. The van der Waals surface area contributed by atoms with Gasteiger partial charge in [0.25, 0.3) is 0 Å². The third-order valence-corrected chi connectivity index (χ3v) is 4.48. The van der Waals surface area contributed by atoms with Gasteiger partial charge in [0, 0.05) is 12.1 Å². The topological polar surface area (TPSA) is 26.7 Å². The molecular formula is C16H26N2O. The monoisotopic (exact) mass is 262 g/mol. The van der Waals surface area contributed by atoms with Crippen LogP contribution in [0.15, 0.2) is 30.3 Å². The van der Waals surface area contributed by atoms with E-state index in [9.17, 15) is 5.11 Å². The van der Waals surface area contributed by atoms with Crippen LogP contribution in [0.25, 0.3) is 0 Å². The van der Waals surface area contributed by atoms with E-state index in [1.54, 1.807) is 0 Å². The quantitative estimate of drug-likeness (QED) is 0.878. The van der Waals surface area contributed by atoms with Gasteiger partial charge >= 0.3 is 0 Å². The summed E-state index contributed by atoms with van der Waals surface area (Å²) in [7, 11) is 2.19. The van der Waals surface area contributed by atoms with Crippen LogP contribution in [-0.2, 0) is 5.54 Å². The van der Waals surface area contributed by atoms with Crippen molar-refractivity contribution in [2.45, 2.75) is 25.3 Å². The summed E-state index contributed by atoms with van der Waals surface area (Å²) >= 11 is 0. The van der Waals surface area contributed by atoms with E-state index >= 15 is 0 Å². The number of piperidine rings is 1. The van der Waals surface area contributed by atoms with Crippen molar-refractivity contribution < 1.29 is 5.11 Å². The maximum atomic E-state index is 9.36. The number of rotatable bonds is 5. The fourth-order valence-corrected chi connectivity index (χ4v) is 3.32. The van der Waals surface area contributed by atoms with Crippen molar-refractivity contribution in [2.75, 3.05) is 39.8 Å². The van der Waals surface area contributed by atoms with Crippen LogP contribution in [0.4, 0.5) is 0 Å². The number of hydrogen-bond acceptors (Lipinski definition) is 3. The number of likely N-dealkylation sites (N-methyl/N-ethyl adjacent to an activating group) is 1. The predicted octanol–water partition coefficient (Wildman–Crippen LogP) is 1.92. The first-order chi connectivity index (χ1) is 9.23. The van der Waals surface area contributed by atoms with Gasteiger partial charge in [-0.3, -0.25) is 4.90 Å². The van der Waals surface area contributed by atoms with Gasteiger partial charge in [0.15, 0.2) is 0 Å². The van der Waals surface area contributed by atoms with Crippen LogP contribution in [0.5, 0.6) is 0 Å². The Labute approximate surface area is 116 Å². The van der Waals surface area contributed by atoms with Crippen molar-refractivity contribution in [3.63, 3.8) is 0 Å². The van der Waals surface area contributed by atoms with Gasteiger partial charge in [-0.1, -0.05) is 37.3 Å². The van der Waals surface area contributed by atoms with E-state index in [4.69, 9.17) is 0 Å². The summed E-state index contributed by atoms with van der Waals surface area (Å²) in [5.74, 6) is 0. The molecule has 0 aliphatic carbocycles. The van der Waals surface area contributed by atoms with Gasteiger partial charge in [-0.05, 0) is 45.1 Å². The largest absolute Gasteiger partial charge is 0.395 e. The molecule has 0 bridgehead atoms. The van der Waals surface area contributed by atoms with E-state index in [0.29, 0.717) is 0 Å². The minimum Gasteiger partial charge on any atom is -0.395 e. The van der Waals surface area contributed by atoms with Crippen LogP contribution < -0.4 is 0 Å². The molecule has 1 aliphatic heterocycles. The van der Waals surface area contributed by atoms with Crippen molar-refractivity contribution >= 4 is 0 Å². The van der Waals surface area contributed by atoms with Crippen LogP contribution in [-0.4, -0.2) is 54.7 Å². The highest BCUT2D eigenvalue weighted by molar-refractivity contribution is 5.25. The first-order valence-corrected chi connectivity index (χ1v) is 7.33. The molecule has 3 heteroatoms. The Morgan fingerprint density at radius 3 is 2.37 bits per heavy atom. The summed E-state index contributed by atoms with van der Waals surface area (Å²) in [4.78, 5) is 4.85. The van der Waals surface area contributed by atoms with Crippen molar-refractivity contribution in [3.8, 4) is 0 Å². The average Bonchev–Trinajstić information content (AvgIpc) is 2.47. The molecule has 0 saturated carbocycles. The maximum Gasteiger partial charge on any atom is 0.0558 e. The van der Waals surface area contributed by atoms with Crippen LogP contribution >= 0.6 is 0 Å². The van der Waals surface area contributed by atoms with Crippen LogP contribution in [0, 0.1) is 0 Å². The molecule has 0 unspecified atom stereocenters. The zero-order valence-corrected chi connectivity index (χ0v) is 12.2. The molecule has 0 radical (unpaired) electrons. The summed E-state index contributed by atoms with van der Waals surface area (Å²) in [6, 6.07) is 10.8. The Bertz CT molecular complexity index is 372. The lowest BCUT2D eigenvalue weighted by Gasteiger charge is -2.48. The molecule has 1 aliphatic rings. The van der Waals surface area contributed by atoms with E-state index < -0.39 is 0 Å². The van der Waals surface area contributed by atoms with Gasteiger partial charge in [0.2, 0.25) is 0 Å². The number of benzene rings is 1. The van der Waals surface area contributed by atoms with Gasteiger partial charge in [-0.15, -0.1) is 0 Å². The second-order valence-electron chi connectivity index (χ2n) is 5.50. The minimum absolute atomic E-state index is 0.102. The molecule has 1 saturated heterocycles. The number of nitrogens with zero attached hydrogens (tertiary/aromatic N) is 2.